The maximum Gasteiger partial charge on any atom is 0.223 e. The highest BCUT2D eigenvalue weighted by molar-refractivity contribution is 5.86. The van der Waals surface area contributed by atoms with Gasteiger partial charge in [0.25, 0.3) is 0 Å². The summed E-state index contributed by atoms with van der Waals surface area (Å²) in [4.78, 5) is 36.5. The fraction of sp³-hybridized carbons (Fsp3) is 0.500. The lowest BCUT2D eigenvalue weighted by atomic mass is 10.0. The van der Waals surface area contributed by atoms with Crippen LogP contribution in [-0.4, -0.2) is 42.6 Å². The molecule has 0 spiro atoms. The van der Waals surface area contributed by atoms with Crippen molar-refractivity contribution in [3.63, 3.8) is 0 Å². The van der Waals surface area contributed by atoms with E-state index < -0.39 is 0 Å². The zero-order valence-electron chi connectivity index (χ0n) is 13.5. The number of aldehydes is 1. The Kier molecular flexibility index (Phi) is 6.32. The summed E-state index contributed by atoms with van der Waals surface area (Å²) in [5.41, 5.74) is 1.08. The summed E-state index contributed by atoms with van der Waals surface area (Å²) in [5, 5.41) is 0. The summed E-state index contributed by atoms with van der Waals surface area (Å²) in [6.45, 7) is 0.627. The van der Waals surface area contributed by atoms with Gasteiger partial charge in [-0.1, -0.05) is 12.1 Å². The van der Waals surface area contributed by atoms with Crippen molar-refractivity contribution in [1.82, 2.24) is 4.90 Å². The van der Waals surface area contributed by atoms with Crippen LogP contribution < -0.4 is 4.74 Å². The van der Waals surface area contributed by atoms with Gasteiger partial charge in [0.15, 0.2) is 0 Å². The van der Waals surface area contributed by atoms with E-state index in [-0.39, 0.29) is 30.6 Å². The van der Waals surface area contributed by atoms with Crippen LogP contribution in [0.3, 0.4) is 0 Å². The van der Waals surface area contributed by atoms with Crippen LogP contribution in [0.25, 0.3) is 0 Å². The van der Waals surface area contributed by atoms with Crippen LogP contribution in [0.4, 0.5) is 0 Å². The number of hydrogen-bond acceptors (Lipinski definition) is 4. The van der Waals surface area contributed by atoms with Gasteiger partial charge in [-0.3, -0.25) is 9.59 Å². The summed E-state index contributed by atoms with van der Waals surface area (Å²) in [6, 6.07) is 7.33. The van der Waals surface area contributed by atoms with E-state index in [0.717, 1.165) is 30.4 Å². The molecule has 1 aliphatic rings. The molecule has 5 heteroatoms. The number of amides is 1. The van der Waals surface area contributed by atoms with Gasteiger partial charge in [-0.25, -0.2) is 0 Å². The fourth-order valence-corrected chi connectivity index (χ4v) is 2.83. The lowest BCUT2D eigenvalue weighted by Gasteiger charge is -2.20. The zero-order valence-corrected chi connectivity index (χ0v) is 13.5. The number of benzene rings is 1. The first-order valence-electron chi connectivity index (χ1n) is 8.03. The summed E-state index contributed by atoms with van der Waals surface area (Å²) >= 11 is 0. The van der Waals surface area contributed by atoms with Crippen LogP contribution in [0.1, 0.15) is 37.7 Å². The quantitative estimate of drug-likeness (QED) is 0.689. The van der Waals surface area contributed by atoms with Gasteiger partial charge in [-0.05, 0) is 37.0 Å². The Hall–Kier alpha value is -2.17. The highest BCUT2D eigenvalue weighted by Crippen LogP contribution is 2.17. The van der Waals surface area contributed by atoms with Gasteiger partial charge in [0.2, 0.25) is 5.91 Å². The largest absolute Gasteiger partial charge is 0.497 e. The SMILES string of the molecule is COc1ccc(CCC(=O)CCC(=O)N2CCC[C@H]2C=O)cc1. The third kappa shape index (κ3) is 4.91. The Labute approximate surface area is 136 Å². The summed E-state index contributed by atoms with van der Waals surface area (Å²) in [6.07, 6.45) is 3.97. The maximum atomic E-state index is 12.1. The van der Waals surface area contributed by atoms with Gasteiger partial charge in [0.05, 0.1) is 13.2 Å². The predicted octanol–water partition coefficient (Wildman–Crippen LogP) is 2.17. The molecule has 1 aromatic carbocycles. The molecule has 1 aromatic rings. The van der Waals surface area contributed by atoms with Crippen LogP contribution in [0.2, 0.25) is 0 Å². The summed E-state index contributed by atoms with van der Waals surface area (Å²) in [5.74, 6) is 0.787. The van der Waals surface area contributed by atoms with Gasteiger partial charge < -0.3 is 14.4 Å². The highest BCUT2D eigenvalue weighted by atomic mass is 16.5. The van der Waals surface area contributed by atoms with Crippen molar-refractivity contribution in [2.75, 3.05) is 13.7 Å². The second kappa shape index (κ2) is 8.46. The van der Waals surface area contributed by atoms with Crippen LogP contribution in [-0.2, 0) is 20.8 Å². The molecule has 1 fully saturated rings. The number of methoxy groups -OCH3 is 1. The number of nitrogens with zero attached hydrogens (tertiary/aromatic N) is 1. The number of Topliss-reactive ketones (excluding diaryl/α,β-unsaturated/α-hetero) is 1. The molecule has 0 bridgehead atoms. The first kappa shape index (κ1) is 17.2. The number of rotatable bonds is 8. The molecule has 5 nitrogen and oxygen atoms in total. The topological polar surface area (TPSA) is 63.7 Å². The lowest BCUT2D eigenvalue weighted by Crippen LogP contribution is -2.36. The molecule has 0 saturated carbocycles. The number of carbonyl (C=O) groups is 3. The molecule has 2 rings (SSSR count). The molecule has 1 heterocycles. The Morgan fingerprint density at radius 3 is 2.61 bits per heavy atom. The number of carbonyl (C=O) groups excluding carboxylic acids is 3. The van der Waals surface area contributed by atoms with Crippen molar-refractivity contribution in [3.8, 4) is 5.75 Å². The number of likely N-dealkylation sites (tertiary alicyclic amines) is 1. The second-order valence-corrected chi connectivity index (χ2v) is 5.82. The van der Waals surface area contributed by atoms with Crippen molar-refractivity contribution in [3.05, 3.63) is 29.8 Å². The van der Waals surface area contributed by atoms with E-state index in [9.17, 15) is 14.4 Å². The standard InChI is InChI=1S/C18H23NO4/c1-23-17-9-5-14(6-10-17)4-7-16(21)8-11-18(22)19-12-2-3-15(19)13-20/h5-6,9-10,13,15H,2-4,7-8,11-12H2,1H3/t15-/m0/s1. The fourth-order valence-electron chi connectivity index (χ4n) is 2.83. The van der Waals surface area contributed by atoms with Crippen molar-refractivity contribution in [2.45, 2.75) is 44.6 Å². The molecular weight excluding hydrogens is 294 g/mol. The molecule has 0 aliphatic carbocycles. The van der Waals surface area contributed by atoms with Crippen molar-refractivity contribution < 1.29 is 19.1 Å². The molecule has 1 aliphatic heterocycles. The molecule has 23 heavy (non-hydrogen) atoms. The maximum absolute atomic E-state index is 12.1. The van der Waals surface area contributed by atoms with Gasteiger partial charge in [0, 0.05) is 25.8 Å². The summed E-state index contributed by atoms with van der Waals surface area (Å²) in [7, 11) is 1.62. The Balaban J connectivity index is 1.72. The third-order valence-corrected chi connectivity index (χ3v) is 4.25. The zero-order chi connectivity index (χ0) is 16.7. The van der Waals surface area contributed by atoms with E-state index in [4.69, 9.17) is 4.74 Å². The van der Waals surface area contributed by atoms with Gasteiger partial charge in [-0.15, -0.1) is 0 Å². The van der Waals surface area contributed by atoms with Gasteiger partial charge in [0.1, 0.15) is 17.8 Å². The van der Waals surface area contributed by atoms with Crippen molar-refractivity contribution >= 4 is 18.0 Å². The number of ether oxygens (including phenoxy) is 1. The van der Waals surface area contributed by atoms with Crippen molar-refractivity contribution in [1.29, 1.82) is 0 Å². The van der Waals surface area contributed by atoms with Crippen molar-refractivity contribution in [2.24, 2.45) is 0 Å². The van der Waals surface area contributed by atoms with Crippen LogP contribution >= 0.6 is 0 Å². The Morgan fingerprint density at radius 1 is 1.22 bits per heavy atom. The third-order valence-electron chi connectivity index (χ3n) is 4.25. The van der Waals surface area contributed by atoms with E-state index in [1.54, 1.807) is 12.0 Å². The average molecular weight is 317 g/mol. The molecule has 0 N–H and O–H groups in total. The molecule has 0 unspecified atom stereocenters. The molecule has 0 aromatic heterocycles. The first-order chi connectivity index (χ1) is 11.1. The van der Waals surface area contributed by atoms with Gasteiger partial charge >= 0.3 is 0 Å². The molecular formula is C18H23NO4. The molecule has 124 valence electrons. The number of hydrogen-bond donors (Lipinski definition) is 0. The molecule has 0 radical (unpaired) electrons. The average Bonchev–Trinajstić information content (AvgIpc) is 3.07. The molecule has 1 saturated heterocycles. The number of aryl methyl sites for hydroxylation is 1. The minimum Gasteiger partial charge on any atom is -0.497 e. The van der Waals surface area contributed by atoms with E-state index in [0.29, 0.717) is 19.4 Å². The minimum absolute atomic E-state index is 0.0796. The predicted molar refractivity (Wildman–Crippen MR) is 86.4 cm³/mol. The Morgan fingerprint density at radius 2 is 1.96 bits per heavy atom. The van der Waals surface area contributed by atoms with E-state index in [1.165, 1.54) is 0 Å². The van der Waals surface area contributed by atoms with Crippen LogP contribution in [0.5, 0.6) is 5.75 Å². The van der Waals surface area contributed by atoms with E-state index >= 15 is 0 Å². The molecule has 1 amide bonds. The molecule has 1 atom stereocenters. The normalized spacial score (nSPS) is 17.1. The monoisotopic (exact) mass is 317 g/mol. The minimum atomic E-state index is -0.295. The Bertz CT molecular complexity index is 553. The smallest absolute Gasteiger partial charge is 0.223 e. The van der Waals surface area contributed by atoms with E-state index in [2.05, 4.69) is 0 Å². The van der Waals surface area contributed by atoms with Gasteiger partial charge in [-0.2, -0.15) is 0 Å². The highest BCUT2D eigenvalue weighted by Gasteiger charge is 2.27. The van der Waals surface area contributed by atoms with Crippen LogP contribution in [0.15, 0.2) is 24.3 Å². The second-order valence-electron chi connectivity index (χ2n) is 5.82. The summed E-state index contributed by atoms with van der Waals surface area (Å²) < 4.78 is 5.09. The first-order valence-corrected chi connectivity index (χ1v) is 8.03. The van der Waals surface area contributed by atoms with E-state index in [1.807, 2.05) is 24.3 Å². The number of ketones is 1. The van der Waals surface area contributed by atoms with Crippen LogP contribution in [0, 0.1) is 0 Å². The lowest BCUT2D eigenvalue weighted by molar-refractivity contribution is -0.135.